The van der Waals surface area contributed by atoms with Crippen molar-refractivity contribution >= 4 is 42.3 Å². The lowest BCUT2D eigenvalue weighted by atomic mass is 9.74. The summed E-state index contributed by atoms with van der Waals surface area (Å²) in [5.41, 5.74) is 15.9. The van der Waals surface area contributed by atoms with Gasteiger partial charge in [-0.15, -0.1) is 11.3 Å². The summed E-state index contributed by atoms with van der Waals surface area (Å²) in [4.78, 5) is 10.7. The van der Waals surface area contributed by atoms with Crippen LogP contribution >= 0.6 is 11.3 Å². The Morgan fingerprint density at radius 1 is 0.410 bits per heavy atom. The number of hydrogen-bond acceptors (Lipinski definition) is 3. The van der Waals surface area contributed by atoms with Gasteiger partial charge in [0.2, 0.25) is 0 Å². The Balaban J connectivity index is 1.03. The van der Waals surface area contributed by atoms with Crippen LogP contribution in [-0.4, -0.2) is 9.97 Å². The summed E-state index contributed by atoms with van der Waals surface area (Å²) in [5, 5.41) is 5.13. The molecular formula is C58H38N2S. The van der Waals surface area contributed by atoms with Gasteiger partial charge in [0.05, 0.1) is 11.4 Å². The van der Waals surface area contributed by atoms with Crippen molar-refractivity contribution in [2.75, 3.05) is 0 Å². The summed E-state index contributed by atoms with van der Waals surface area (Å²) >= 11 is 1.89. The molecule has 3 heteroatoms. The number of benzene rings is 9. The molecule has 2 nitrogen and oxygen atoms in total. The quantitative estimate of drug-likeness (QED) is 0.168. The largest absolute Gasteiger partial charge is 0.228 e. The summed E-state index contributed by atoms with van der Waals surface area (Å²) in [6.07, 6.45) is 0. The number of thiophene rings is 1. The van der Waals surface area contributed by atoms with Crippen LogP contribution in [0.2, 0.25) is 0 Å². The minimum Gasteiger partial charge on any atom is -0.228 e. The molecule has 12 rings (SSSR count). The van der Waals surface area contributed by atoms with Gasteiger partial charge in [0.15, 0.2) is 5.82 Å². The lowest BCUT2D eigenvalue weighted by Gasteiger charge is -2.28. The third-order valence-electron chi connectivity index (χ3n) is 12.8. The van der Waals surface area contributed by atoms with Gasteiger partial charge in [0.1, 0.15) is 0 Å². The van der Waals surface area contributed by atoms with E-state index in [1.54, 1.807) is 0 Å². The second-order valence-corrected chi connectivity index (χ2v) is 17.3. The van der Waals surface area contributed by atoms with E-state index in [9.17, 15) is 0 Å². The molecular weight excluding hydrogens is 757 g/mol. The average molecular weight is 795 g/mol. The van der Waals surface area contributed by atoms with Gasteiger partial charge in [0, 0.05) is 47.7 Å². The van der Waals surface area contributed by atoms with Gasteiger partial charge in [-0.25, -0.2) is 9.97 Å². The predicted octanol–water partition coefficient (Wildman–Crippen LogP) is 15.7. The number of fused-ring (bicyclic) bond motifs is 8. The van der Waals surface area contributed by atoms with Crippen molar-refractivity contribution in [1.82, 2.24) is 9.97 Å². The van der Waals surface area contributed by atoms with Crippen molar-refractivity contribution in [3.8, 4) is 67.3 Å². The van der Waals surface area contributed by atoms with Crippen molar-refractivity contribution in [3.63, 3.8) is 0 Å². The molecule has 0 radical (unpaired) electrons. The molecule has 1 aliphatic carbocycles. The minimum absolute atomic E-state index is 0.307. The van der Waals surface area contributed by atoms with Gasteiger partial charge >= 0.3 is 0 Å². The van der Waals surface area contributed by atoms with Crippen molar-refractivity contribution in [3.05, 3.63) is 229 Å². The minimum atomic E-state index is -0.307. The fourth-order valence-electron chi connectivity index (χ4n) is 9.79. The SMILES string of the molecule is CC1(c2ccccc2)c2ccccc2-c2c(-c3cc(-c4cccc(-c5cccc6sc7c8cc(-c9ccccc9)ccc8ccc7c56)c4)nc(-c4ccccc4)n3)cccc21. The fourth-order valence-corrected chi connectivity index (χ4v) is 11.0. The van der Waals surface area contributed by atoms with E-state index in [2.05, 4.69) is 213 Å². The summed E-state index contributed by atoms with van der Waals surface area (Å²) in [6.45, 7) is 2.37. The highest BCUT2D eigenvalue weighted by Crippen LogP contribution is 2.55. The van der Waals surface area contributed by atoms with E-state index in [1.807, 2.05) is 17.4 Å². The van der Waals surface area contributed by atoms with Crippen LogP contribution in [0.4, 0.5) is 0 Å². The second kappa shape index (κ2) is 14.1. The van der Waals surface area contributed by atoms with Crippen LogP contribution < -0.4 is 0 Å². The van der Waals surface area contributed by atoms with E-state index in [0.29, 0.717) is 5.82 Å². The molecule has 0 saturated heterocycles. The molecule has 1 unspecified atom stereocenters. The molecule has 0 bridgehead atoms. The molecule has 0 amide bonds. The van der Waals surface area contributed by atoms with Gasteiger partial charge in [-0.3, -0.25) is 0 Å². The Hall–Kier alpha value is -7.46. The monoisotopic (exact) mass is 794 g/mol. The van der Waals surface area contributed by atoms with E-state index in [-0.39, 0.29) is 5.41 Å². The van der Waals surface area contributed by atoms with Crippen LogP contribution in [0.25, 0.3) is 98.2 Å². The van der Waals surface area contributed by atoms with E-state index < -0.39 is 0 Å². The molecule has 0 aliphatic heterocycles. The molecule has 1 atom stereocenters. The number of hydrogen-bond donors (Lipinski definition) is 0. The first-order valence-electron chi connectivity index (χ1n) is 20.9. The number of aromatic nitrogens is 2. The van der Waals surface area contributed by atoms with Gasteiger partial charge in [-0.2, -0.15) is 0 Å². The van der Waals surface area contributed by atoms with E-state index in [0.717, 1.165) is 33.6 Å². The number of rotatable bonds is 6. The van der Waals surface area contributed by atoms with Crippen molar-refractivity contribution in [1.29, 1.82) is 0 Å². The zero-order chi connectivity index (χ0) is 40.5. The van der Waals surface area contributed by atoms with Crippen LogP contribution in [0.1, 0.15) is 23.6 Å². The average Bonchev–Trinajstić information content (AvgIpc) is 3.86. The van der Waals surface area contributed by atoms with Crippen LogP contribution in [-0.2, 0) is 5.41 Å². The number of nitrogens with zero attached hydrogens (tertiary/aromatic N) is 2. The van der Waals surface area contributed by atoms with Crippen molar-refractivity contribution < 1.29 is 0 Å². The Labute approximate surface area is 359 Å². The fraction of sp³-hybridized carbons (Fsp3) is 0.0345. The molecule has 286 valence electrons. The topological polar surface area (TPSA) is 25.8 Å². The molecule has 2 aromatic heterocycles. The normalized spacial score (nSPS) is 14.4. The summed E-state index contributed by atoms with van der Waals surface area (Å²) < 4.78 is 2.61. The molecule has 2 heterocycles. The molecule has 11 aromatic rings. The highest BCUT2D eigenvalue weighted by Gasteiger charge is 2.41. The highest BCUT2D eigenvalue weighted by atomic mass is 32.1. The molecule has 61 heavy (non-hydrogen) atoms. The maximum Gasteiger partial charge on any atom is 0.160 e. The summed E-state index contributed by atoms with van der Waals surface area (Å²) in [7, 11) is 0. The molecule has 0 saturated carbocycles. The lowest BCUT2D eigenvalue weighted by Crippen LogP contribution is -2.22. The highest BCUT2D eigenvalue weighted by molar-refractivity contribution is 7.26. The van der Waals surface area contributed by atoms with E-state index >= 15 is 0 Å². The van der Waals surface area contributed by atoms with Gasteiger partial charge in [-0.1, -0.05) is 188 Å². The molecule has 0 N–H and O–H groups in total. The third-order valence-corrected chi connectivity index (χ3v) is 14.0. The first-order valence-corrected chi connectivity index (χ1v) is 21.7. The maximum atomic E-state index is 5.36. The Kier molecular flexibility index (Phi) is 8.19. The first-order chi connectivity index (χ1) is 30.1. The lowest BCUT2D eigenvalue weighted by molar-refractivity contribution is 0.714. The predicted molar refractivity (Wildman–Crippen MR) is 257 cm³/mol. The van der Waals surface area contributed by atoms with E-state index in [1.165, 1.54) is 75.5 Å². The standard InChI is InChI=1S/C58H38N2S/c1-58(43-22-9-4-10-23-43)49-27-12-11-24-45(49)54-46(26-14-28-50(54)58)52-36-51(59-57(60-52)39-18-7-3-8-19-39)42-21-13-20-41(34-42)44-25-15-29-53-55(44)47-33-32-38-30-31-40(35-48(38)56(47)61-53)37-16-5-2-6-17-37/h2-36H,1H3. The zero-order valence-corrected chi connectivity index (χ0v) is 34.3. The van der Waals surface area contributed by atoms with Crippen LogP contribution in [0.3, 0.4) is 0 Å². The Bertz CT molecular complexity index is 3480. The van der Waals surface area contributed by atoms with Crippen molar-refractivity contribution in [2.45, 2.75) is 12.3 Å². The van der Waals surface area contributed by atoms with Crippen LogP contribution in [0, 0.1) is 0 Å². The Morgan fingerprint density at radius 3 is 1.87 bits per heavy atom. The molecule has 9 aromatic carbocycles. The zero-order valence-electron chi connectivity index (χ0n) is 33.5. The van der Waals surface area contributed by atoms with Crippen LogP contribution in [0.15, 0.2) is 212 Å². The summed E-state index contributed by atoms with van der Waals surface area (Å²) in [5.74, 6) is 0.709. The van der Waals surface area contributed by atoms with Gasteiger partial charge in [-0.05, 0) is 86.6 Å². The third kappa shape index (κ3) is 5.69. The molecule has 0 fully saturated rings. The molecule has 1 aliphatic rings. The maximum absolute atomic E-state index is 5.36. The second-order valence-electron chi connectivity index (χ2n) is 16.2. The first kappa shape index (κ1) is 35.5. The van der Waals surface area contributed by atoms with Crippen molar-refractivity contribution in [2.24, 2.45) is 0 Å². The Morgan fingerprint density at radius 2 is 1.03 bits per heavy atom. The molecule has 0 spiro atoms. The van der Waals surface area contributed by atoms with Crippen LogP contribution in [0.5, 0.6) is 0 Å². The van der Waals surface area contributed by atoms with Gasteiger partial charge in [0.25, 0.3) is 0 Å². The summed E-state index contributed by atoms with van der Waals surface area (Å²) in [6, 6.07) is 76.9. The van der Waals surface area contributed by atoms with Gasteiger partial charge < -0.3 is 0 Å². The smallest absolute Gasteiger partial charge is 0.160 e. The van der Waals surface area contributed by atoms with E-state index in [4.69, 9.17) is 9.97 Å².